The smallest absolute Gasteiger partial charge is 0.341 e. The molecule has 0 aliphatic rings. The number of aliphatic hydroxyl groups excluding tert-OH is 2. The van der Waals surface area contributed by atoms with Gasteiger partial charge in [0.1, 0.15) is 0 Å². The van der Waals surface area contributed by atoms with Crippen LogP contribution in [0.2, 0.25) is 0 Å². The van der Waals surface area contributed by atoms with Crippen molar-refractivity contribution in [3.63, 3.8) is 0 Å². The van der Waals surface area contributed by atoms with Crippen LogP contribution in [0.15, 0.2) is 36.5 Å². The highest BCUT2D eigenvalue weighted by Crippen LogP contribution is 2.06. The van der Waals surface area contributed by atoms with Crippen molar-refractivity contribution < 1.29 is 38.9 Å². The van der Waals surface area contributed by atoms with Gasteiger partial charge < -0.3 is 19.7 Å². The first-order valence-electron chi connectivity index (χ1n) is 6.28. The maximum atomic E-state index is 11.3. The standard InChI is InChI=1S/C13H14O6.C2H6O2/c1-7(2)11(15)18-10(14)6-9(5)13(17)19-12(16)8(3)4;3-1-2-4/h1,3,5-6H2,2,4H3;3-4H,1-2H2. The van der Waals surface area contributed by atoms with Gasteiger partial charge in [-0.15, -0.1) is 0 Å². The van der Waals surface area contributed by atoms with E-state index in [9.17, 15) is 19.2 Å². The van der Waals surface area contributed by atoms with Crippen LogP contribution in [0, 0.1) is 0 Å². The fraction of sp³-hybridized carbons (Fsp3) is 0.333. The lowest BCUT2D eigenvalue weighted by Crippen LogP contribution is -2.18. The van der Waals surface area contributed by atoms with Gasteiger partial charge in [0.05, 0.1) is 19.6 Å². The molecule has 0 aromatic carbocycles. The zero-order valence-corrected chi connectivity index (χ0v) is 13.1. The molecule has 0 saturated carbocycles. The van der Waals surface area contributed by atoms with Crippen LogP contribution in [0.3, 0.4) is 0 Å². The summed E-state index contributed by atoms with van der Waals surface area (Å²) >= 11 is 0. The predicted molar refractivity (Wildman–Crippen MR) is 79.8 cm³/mol. The minimum absolute atomic E-state index is 0.0289. The molecule has 0 aromatic rings. The highest BCUT2D eigenvalue weighted by Gasteiger charge is 2.19. The largest absolute Gasteiger partial charge is 0.394 e. The van der Waals surface area contributed by atoms with E-state index in [1.807, 2.05) is 0 Å². The molecule has 8 nitrogen and oxygen atoms in total. The van der Waals surface area contributed by atoms with E-state index in [0.29, 0.717) is 0 Å². The monoisotopic (exact) mass is 328 g/mol. The van der Waals surface area contributed by atoms with Gasteiger partial charge in [-0.25, -0.2) is 14.4 Å². The van der Waals surface area contributed by atoms with Crippen LogP contribution in [0.25, 0.3) is 0 Å². The molecule has 0 saturated heterocycles. The molecule has 0 aliphatic carbocycles. The van der Waals surface area contributed by atoms with Crippen LogP contribution in [0.5, 0.6) is 0 Å². The summed E-state index contributed by atoms with van der Waals surface area (Å²) in [6, 6.07) is 0. The molecule has 0 heterocycles. The second-order valence-corrected chi connectivity index (χ2v) is 4.23. The van der Waals surface area contributed by atoms with E-state index in [-0.39, 0.29) is 29.9 Å². The second-order valence-electron chi connectivity index (χ2n) is 4.23. The van der Waals surface area contributed by atoms with Crippen molar-refractivity contribution in [2.24, 2.45) is 0 Å². The molecular weight excluding hydrogens is 308 g/mol. The Bertz CT molecular complexity index is 514. The number of carbonyl (C=O) groups excluding carboxylic acids is 4. The van der Waals surface area contributed by atoms with E-state index in [2.05, 4.69) is 29.2 Å². The fourth-order valence-electron chi connectivity index (χ4n) is 0.716. The summed E-state index contributed by atoms with van der Waals surface area (Å²) in [5.74, 6) is -3.88. The van der Waals surface area contributed by atoms with Crippen LogP contribution in [0.1, 0.15) is 20.3 Å². The van der Waals surface area contributed by atoms with Gasteiger partial charge in [0.15, 0.2) is 0 Å². The van der Waals surface area contributed by atoms with Crippen LogP contribution < -0.4 is 0 Å². The third-order valence-electron chi connectivity index (χ3n) is 1.84. The molecule has 0 amide bonds. The minimum atomic E-state index is -1.08. The zero-order chi connectivity index (χ0) is 18.6. The molecule has 0 spiro atoms. The summed E-state index contributed by atoms with van der Waals surface area (Å²) in [6.45, 7) is 12.3. The first kappa shape index (κ1) is 22.7. The molecule has 0 unspecified atom stereocenters. The van der Waals surface area contributed by atoms with Crippen molar-refractivity contribution in [2.45, 2.75) is 20.3 Å². The van der Waals surface area contributed by atoms with Crippen molar-refractivity contribution in [2.75, 3.05) is 13.2 Å². The van der Waals surface area contributed by atoms with Crippen molar-refractivity contribution in [3.05, 3.63) is 36.5 Å². The third-order valence-corrected chi connectivity index (χ3v) is 1.84. The number of esters is 4. The number of hydrogen-bond acceptors (Lipinski definition) is 8. The van der Waals surface area contributed by atoms with Crippen molar-refractivity contribution >= 4 is 23.9 Å². The summed E-state index contributed by atoms with van der Waals surface area (Å²) < 4.78 is 8.68. The summed E-state index contributed by atoms with van der Waals surface area (Å²) in [6.07, 6.45) is -0.568. The maximum absolute atomic E-state index is 11.3. The number of aliphatic hydroxyl groups is 2. The topological polar surface area (TPSA) is 127 Å². The molecule has 0 aliphatic heterocycles. The van der Waals surface area contributed by atoms with Crippen LogP contribution in [0.4, 0.5) is 0 Å². The molecule has 128 valence electrons. The first-order valence-corrected chi connectivity index (χ1v) is 6.28. The van der Waals surface area contributed by atoms with Gasteiger partial charge in [0.25, 0.3) is 0 Å². The Labute approximate surface area is 133 Å². The van der Waals surface area contributed by atoms with Gasteiger partial charge in [-0.1, -0.05) is 19.7 Å². The van der Waals surface area contributed by atoms with E-state index in [4.69, 9.17) is 10.2 Å². The molecule has 0 atom stereocenters. The Balaban J connectivity index is 0. The van der Waals surface area contributed by atoms with Crippen molar-refractivity contribution in [1.29, 1.82) is 0 Å². The van der Waals surface area contributed by atoms with Gasteiger partial charge >= 0.3 is 23.9 Å². The van der Waals surface area contributed by atoms with Gasteiger partial charge in [-0.3, -0.25) is 4.79 Å². The van der Waals surface area contributed by atoms with E-state index >= 15 is 0 Å². The van der Waals surface area contributed by atoms with E-state index < -0.39 is 30.3 Å². The average molecular weight is 328 g/mol. The number of carbonyl (C=O) groups is 4. The molecule has 23 heavy (non-hydrogen) atoms. The Morgan fingerprint density at radius 3 is 1.52 bits per heavy atom. The van der Waals surface area contributed by atoms with Crippen LogP contribution in [-0.4, -0.2) is 47.3 Å². The average Bonchev–Trinajstić information content (AvgIpc) is 2.46. The van der Waals surface area contributed by atoms with Gasteiger partial charge in [-0.05, 0) is 13.8 Å². The van der Waals surface area contributed by atoms with Gasteiger partial charge in [0, 0.05) is 16.7 Å². The lowest BCUT2D eigenvalue weighted by atomic mass is 10.2. The fourth-order valence-corrected chi connectivity index (χ4v) is 0.716. The van der Waals surface area contributed by atoms with E-state index in [1.165, 1.54) is 13.8 Å². The Morgan fingerprint density at radius 2 is 1.17 bits per heavy atom. The molecule has 2 N–H and O–H groups in total. The lowest BCUT2D eigenvalue weighted by Gasteiger charge is -2.05. The lowest BCUT2D eigenvalue weighted by molar-refractivity contribution is -0.159. The summed E-state index contributed by atoms with van der Waals surface area (Å²) in [4.78, 5) is 44.6. The minimum Gasteiger partial charge on any atom is -0.394 e. The Hall–Kier alpha value is -2.58. The quantitative estimate of drug-likeness (QED) is 0.402. The SMILES string of the molecule is C=C(C)C(=O)OC(=O)CC(=C)C(=O)OC(=O)C(=C)C.OCCO. The Morgan fingerprint density at radius 1 is 0.783 bits per heavy atom. The molecule has 0 aromatic heterocycles. The summed E-state index contributed by atoms with van der Waals surface area (Å²) in [5, 5.41) is 15.2. The molecule has 0 bridgehead atoms. The normalized spacial score (nSPS) is 8.87. The number of hydrogen-bond donors (Lipinski definition) is 2. The highest BCUT2D eigenvalue weighted by molar-refractivity contribution is 6.04. The summed E-state index contributed by atoms with van der Waals surface area (Å²) in [7, 11) is 0. The maximum Gasteiger partial charge on any atom is 0.341 e. The Kier molecular flexibility index (Phi) is 11.9. The molecular formula is C15H20O8. The molecule has 0 fully saturated rings. The molecule has 0 rings (SSSR count). The first-order chi connectivity index (χ1) is 10.6. The summed E-state index contributed by atoms with van der Waals surface area (Å²) in [5.41, 5.74) is -0.241. The van der Waals surface area contributed by atoms with Gasteiger partial charge in [-0.2, -0.15) is 0 Å². The van der Waals surface area contributed by atoms with Gasteiger partial charge in [0.2, 0.25) is 0 Å². The molecule has 8 heteroatoms. The van der Waals surface area contributed by atoms with Crippen molar-refractivity contribution in [1.82, 2.24) is 0 Å². The van der Waals surface area contributed by atoms with Crippen molar-refractivity contribution in [3.8, 4) is 0 Å². The number of rotatable bonds is 6. The van der Waals surface area contributed by atoms with Crippen LogP contribution in [-0.2, 0) is 28.7 Å². The number of ether oxygens (including phenoxy) is 2. The highest BCUT2D eigenvalue weighted by atomic mass is 16.6. The van der Waals surface area contributed by atoms with E-state index in [0.717, 1.165) is 0 Å². The third kappa shape index (κ3) is 11.7. The molecule has 0 radical (unpaired) electrons. The zero-order valence-electron chi connectivity index (χ0n) is 13.1. The van der Waals surface area contributed by atoms with Crippen LogP contribution >= 0.6 is 0 Å². The second kappa shape index (κ2) is 12.0. The van der Waals surface area contributed by atoms with E-state index in [1.54, 1.807) is 0 Å². The predicted octanol–water partition coefficient (Wildman–Crippen LogP) is 0.196.